The van der Waals surface area contributed by atoms with E-state index in [9.17, 15) is 5.26 Å². The molecule has 6 heteroatoms. The molecule has 0 unspecified atom stereocenters. The number of nitriles is 1. The van der Waals surface area contributed by atoms with Crippen LogP contribution >= 0.6 is 11.3 Å². The van der Waals surface area contributed by atoms with Crippen molar-refractivity contribution in [3.63, 3.8) is 0 Å². The quantitative estimate of drug-likeness (QED) is 0.710. The third-order valence-electron chi connectivity index (χ3n) is 5.69. The van der Waals surface area contributed by atoms with Gasteiger partial charge in [0.1, 0.15) is 16.8 Å². The van der Waals surface area contributed by atoms with Crippen molar-refractivity contribution in [3.8, 4) is 6.07 Å². The van der Waals surface area contributed by atoms with Crippen molar-refractivity contribution in [3.05, 3.63) is 47.0 Å². The second-order valence-corrected chi connectivity index (χ2v) is 8.81. The summed E-state index contributed by atoms with van der Waals surface area (Å²) in [5, 5.41) is 14.2. The number of thiophene rings is 1. The van der Waals surface area contributed by atoms with Crippen LogP contribution in [-0.2, 0) is 0 Å². The Morgan fingerprint density at radius 2 is 2.00 bits per heavy atom. The van der Waals surface area contributed by atoms with Crippen molar-refractivity contribution >= 4 is 38.6 Å². The highest BCUT2D eigenvalue weighted by Gasteiger charge is 2.30. The molecule has 2 aromatic heterocycles. The van der Waals surface area contributed by atoms with Crippen molar-refractivity contribution in [2.45, 2.75) is 18.8 Å². The van der Waals surface area contributed by atoms with Gasteiger partial charge in [-0.05, 0) is 55.6 Å². The Bertz CT molecular complexity index is 1050. The van der Waals surface area contributed by atoms with Crippen molar-refractivity contribution in [2.24, 2.45) is 0 Å². The SMILES string of the molecule is CN1CCN(c2cccc(Nc3cc4c(C5CC5)c(C#N)sc4cn3)c2)CC1. The third-order valence-corrected chi connectivity index (χ3v) is 6.75. The molecule has 0 spiro atoms. The smallest absolute Gasteiger partial charge is 0.130 e. The molecule has 2 aliphatic rings. The van der Waals surface area contributed by atoms with Crippen LogP contribution in [-0.4, -0.2) is 43.1 Å². The number of piperazine rings is 1. The highest BCUT2D eigenvalue weighted by molar-refractivity contribution is 7.19. The van der Waals surface area contributed by atoms with Gasteiger partial charge in [-0.15, -0.1) is 11.3 Å². The van der Waals surface area contributed by atoms with Gasteiger partial charge in [-0.2, -0.15) is 5.26 Å². The number of likely N-dealkylation sites (N-methyl/N-ethyl adjacent to an activating group) is 1. The summed E-state index contributed by atoms with van der Waals surface area (Å²) in [7, 11) is 2.18. The fraction of sp³-hybridized carbons (Fsp3) is 0.364. The molecule has 1 aliphatic carbocycles. The van der Waals surface area contributed by atoms with E-state index >= 15 is 0 Å². The number of anilines is 3. The van der Waals surface area contributed by atoms with Crippen LogP contribution in [0.4, 0.5) is 17.2 Å². The molecule has 1 saturated carbocycles. The molecule has 2 fully saturated rings. The van der Waals surface area contributed by atoms with E-state index in [1.807, 2.05) is 6.20 Å². The summed E-state index contributed by atoms with van der Waals surface area (Å²) < 4.78 is 1.11. The Hall–Kier alpha value is -2.62. The van der Waals surface area contributed by atoms with Crippen LogP contribution in [0, 0.1) is 11.3 Å². The van der Waals surface area contributed by atoms with E-state index in [0.717, 1.165) is 47.3 Å². The lowest BCUT2D eigenvalue weighted by molar-refractivity contribution is 0.313. The van der Waals surface area contributed by atoms with E-state index in [1.54, 1.807) is 11.3 Å². The van der Waals surface area contributed by atoms with Gasteiger partial charge in [0.25, 0.3) is 0 Å². The normalized spacial score (nSPS) is 17.6. The van der Waals surface area contributed by atoms with Gasteiger partial charge in [0.2, 0.25) is 0 Å². The van der Waals surface area contributed by atoms with Crippen molar-refractivity contribution < 1.29 is 0 Å². The molecule has 1 aliphatic heterocycles. The summed E-state index contributed by atoms with van der Waals surface area (Å²) >= 11 is 1.57. The minimum atomic E-state index is 0.555. The molecule has 1 aromatic carbocycles. The lowest BCUT2D eigenvalue weighted by Gasteiger charge is -2.34. The summed E-state index contributed by atoms with van der Waals surface area (Å²) in [5.74, 6) is 1.39. The van der Waals surface area contributed by atoms with Crippen molar-refractivity contribution in [1.29, 1.82) is 5.26 Å². The van der Waals surface area contributed by atoms with Crippen molar-refractivity contribution in [1.82, 2.24) is 9.88 Å². The Balaban J connectivity index is 1.42. The molecule has 3 aromatic rings. The highest BCUT2D eigenvalue weighted by Crippen LogP contribution is 2.48. The topological polar surface area (TPSA) is 55.2 Å². The average molecular weight is 390 g/mol. The van der Waals surface area contributed by atoms with E-state index < -0.39 is 0 Å². The van der Waals surface area contributed by atoms with E-state index in [2.05, 4.69) is 63.5 Å². The molecule has 3 heterocycles. The summed E-state index contributed by atoms with van der Waals surface area (Å²) in [4.78, 5) is 10.2. The number of nitrogens with one attached hydrogen (secondary N) is 1. The van der Waals surface area contributed by atoms with Gasteiger partial charge in [-0.25, -0.2) is 4.98 Å². The zero-order valence-electron chi connectivity index (χ0n) is 16.0. The maximum absolute atomic E-state index is 9.49. The van der Waals surface area contributed by atoms with Gasteiger partial charge < -0.3 is 15.1 Å². The minimum absolute atomic E-state index is 0.555. The standard InChI is InChI=1S/C22H23N5S/c1-26-7-9-27(10-8-26)17-4-2-3-16(11-17)25-21-12-18-20(14-24-21)28-19(13-23)22(18)15-5-6-15/h2-4,11-12,14-15H,5-10H2,1H3,(H,24,25). The molecule has 28 heavy (non-hydrogen) atoms. The minimum Gasteiger partial charge on any atom is -0.369 e. The number of pyridine rings is 1. The lowest BCUT2D eigenvalue weighted by Crippen LogP contribution is -2.44. The van der Waals surface area contributed by atoms with Crippen LogP contribution in [0.25, 0.3) is 10.1 Å². The number of rotatable bonds is 4. The second-order valence-electron chi connectivity index (χ2n) is 7.76. The zero-order valence-corrected chi connectivity index (χ0v) is 16.8. The van der Waals surface area contributed by atoms with Gasteiger partial charge >= 0.3 is 0 Å². The number of nitrogens with zero attached hydrogens (tertiary/aromatic N) is 4. The monoisotopic (exact) mass is 389 g/mol. The summed E-state index contributed by atoms with van der Waals surface area (Å²) in [6, 6.07) is 13.1. The van der Waals surface area contributed by atoms with Gasteiger partial charge in [0.15, 0.2) is 0 Å². The molecule has 0 atom stereocenters. The highest BCUT2D eigenvalue weighted by atomic mass is 32.1. The van der Waals surface area contributed by atoms with E-state index in [4.69, 9.17) is 0 Å². The van der Waals surface area contributed by atoms with Crippen LogP contribution in [0.15, 0.2) is 36.5 Å². The molecular weight excluding hydrogens is 366 g/mol. The number of fused-ring (bicyclic) bond motifs is 1. The maximum atomic E-state index is 9.49. The predicted octanol–water partition coefficient (Wildman–Crippen LogP) is 4.54. The first-order valence-electron chi connectivity index (χ1n) is 9.84. The number of hydrogen-bond acceptors (Lipinski definition) is 6. The Kier molecular flexibility index (Phi) is 4.42. The van der Waals surface area contributed by atoms with E-state index in [1.165, 1.54) is 29.5 Å². The van der Waals surface area contributed by atoms with Crippen LogP contribution in [0.1, 0.15) is 29.2 Å². The van der Waals surface area contributed by atoms with Crippen LogP contribution < -0.4 is 10.2 Å². The third kappa shape index (κ3) is 3.32. The Labute approximate surface area is 169 Å². The number of aromatic nitrogens is 1. The van der Waals surface area contributed by atoms with Crippen LogP contribution in [0.2, 0.25) is 0 Å². The summed E-state index contributed by atoms with van der Waals surface area (Å²) in [6.45, 7) is 4.31. The summed E-state index contributed by atoms with van der Waals surface area (Å²) in [6.07, 6.45) is 4.29. The summed E-state index contributed by atoms with van der Waals surface area (Å²) in [5.41, 5.74) is 3.53. The first kappa shape index (κ1) is 17.5. The predicted molar refractivity (Wildman–Crippen MR) is 116 cm³/mol. The fourth-order valence-corrected chi connectivity index (χ4v) is 4.98. The van der Waals surface area contributed by atoms with E-state index in [0.29, 0.717) is 5.92 Å². The Morgan fingerprint density at radius 1 is 1.18 bits per heavy atom. The van der Waals surface area contributed by atoms with Gasteiger partial charge in [-0.3, -0.25) is 0 Å². The first-order valence-corrected chi connectivity index (χ1v) is 10.7. The molecule has 0 bridgehead atoms. The van der Waals surface area contributed by atoms with Gasteiger partial charge in [-0.1, -0.05) is 6.07 Å². The molecule has 0 amide bonds. The largest absolute Gasteiger partial charge is 0.369 e. The van der Waals surface area contributed by atoms with Crippen LogP contribution in [0.3, 0.4) is 0 Å². The maximum Gasteiger partial charge on any atom is 0.130 e. The average Bonchev–Trinajstić information content (AvgIpc) is 3.49. The van der Waals surface area contributed by atoms with Gasteiger partial charge in [0, 0.05) is 49.1 Å². The molecule has 5 nitrogen and oxygen atoms in total. The first-order chi connectivity index (χ1) is 13.7. The molecule has 0 radical (unpaired) electrons. The van der Waals surface area contributed by atoms with Crippen molar-refractivity contribution in [2.75, 3.05) is 43.4 Å². The molecule has 5 rings (SSSR count). The molecular formula is C22H23N5S. The fourth-order valence-electron chi connectivity index (χ4n) is 3.94. The number of hydrogen-bond donors (Lipinski definition) is 1. The zero-order chi connectivity index (χ0) is 19.1. The van der Waals surface area contributed by atoms with Crippen LogP contribution in [0.5, 0.6) is 0 Å². The number of benzene rings is 1. The molecule has 1 N–H and O–H groups in total. The second kappa shape index (κ2) is 7.08. The Morgan fingerprint density at radius 3 is 2.75 bits per heavy atom. The molecule has 1 saturated heterocycles. The van der Waals surface area contributed by atoms with Gasteiger partial charge in [0.05, 0.1) is 4.70 Å². The van der Waals surface area contributed by atoms with E-state index in [-0.39, 0.29) is 0 Å². The molecule has 142 valence electrons. The lowest BCUT2D eigenvalue weighted by atomic mass is 10.1.